The van der Waals surface area contributed by atoms with E-state index in [9.17, 15) is 13.2 Å². The first-order valence-electron chi connectivity index (χ1n) is 15.0. The number of aromatic nitrogens is 2. The van der Waals surface area contributed by atoms with E-state index in [1.54, 1.807) is 0 Å². The fourth-order valence-electron chi connectivity index (χ4n) is 5.68. The van der Waals surface area contributed by atoms with Crippen molar-refractivity contribution >= 4 is 0 Å². The van der Waals surface area contributed by atoms with Crippen molar-refractivity contribution in [3.05, 3.63) is 125 Å². The molecule has 0 N–H and O–H groups in total. The van der Waals surface area contributed by atoms with Gasteiger partial charge in [0.25, 0.3) is 0 Å². The molecule has 232 valence electrons. The first-order chi connectivity index (χ1) is 21.8. The number of fused-ring (bicyclic) bond motifs is 1. The van der Waals surface area contributed by atoms with Crippen molar-refractivity contribution in [3.8, 4) is 34.1 Å². The molecule has 0 saturated carbocycles. The van der Waals surface area contributed by atoms with Crippen LogP contribution in [0.4, 0.5) is 17.6 Å². The van der Waals surface area contributed by atoms with E-state index in [0.717, 1.165) is 52.8 Å². The van der Waals surface area contributed by atoms with Gasteiger partial charge in [-0.2, -0.15) is 13.2 Å². The predicted molar refractivity (Wildman–Crippen MR) is 165 cm³/mol. The molecule has 0 radical (unpaired) electrons. The first kappa shape index (κ1) is 30.4. The van der Waals surface area contributed by atoms with E-state index in [1.807, 2.05) is 83.8 Å². The Labute approximate surface area is 259 Å². The normalized spacial score (nSPS) is 12.7. The number of benzene rings is 4. The summed E-state index contributed by atoms with van der Waals surface area (Å²) in [6.45, 7) is 3.51. The van der Waals surface area contributed by atoms with Crippen LogP contribution < -0.4 is 9.47 Å². The molecule has 0 unspecified atom stereocenters. The zero-order valence-corrected chi connectivity index (χ0v) is 24.9. The van der Waals surface area contributed by atoms with Crippen LogP contribution >= 0.6 is 0 Å². The molecule has 5 nitrogen and oxygen atoms in total. The third kappa shape index (κ3) is 6.73. The monoisotopic (exact) mass is 615 g/mol. The van der Waals surface area contributed by atoms with E-state index < -0.39 is 17.6 Å². The van der Waals surface area contributed by atoms with Crippen LogP contribution in [0.2, 0.25) is 0 Å². The maximum atomic E-state index is 15.4. The van der Waals surface area contributed by atoms with E-state index >= 15 is 4.39 Å². The summed E-state index contributed by atoms with van der Waals surface area (Å²) in [5.41, 5.74) is 3.13. The molecule has 45 heavy (non-hydrogen) atoms. The zero-order valence-electron chi connectivity index (χ0n) is 24.9. The quantitative estimate of drug-likeness (QED) is 0.139. The second-order valence-electron chi connectivity index (χ2n) is 11.1. The maximum Gasteiger partial charge on any atom is 0.419 e. The summed E-state index contributed by atoms with van der Waals surface area (Å²) < 4.78 is 69.7. The van der Waals surface area contributed by atoms with Crippen LogP contribution in [0.3, 0.4) is 0 Å². The van der Waals surface area contributed by atoms with Crippen LogP contribution in [0, 0.1) is 5.82 Å². The Hall–Kier alpha value is -4.63. The average molecular weight is 616 g/mol. The van der Waals surface area contributed by atoms with Gasteiger partial charge in [-0.25, -0.2) is 9.37 Å². The second kappa shape index (κ2) is 13.2. The fourth-order valence-corrected chi connectivity index (χ4v) is 5.68. The van der Waals surface area contributed by atoms with Gasteiger partial charge in [0.05, 0.1) is 17.0 Å². The molecule has 4 aromatic carbocycles. The van der Waals surface area contributed by atoms with Crippen molar-refractivity contribution in [2.75, 3.05) is 6.79 Å². The highest BCUT2D eigenvalue weighted by Crippen LogP contribution is 2.36. The lowest BCUT2D eigenvalue weighted by molar-refractivity contribution is -0.140. The van der Waals surface area contributed by atoms with Crippen LogP contribution in [0.15, 0.2) is 97.1 Å². The van der Waals surface area contributed by atoms with E-state index in [4.69, 9.17) is 14.5 Å². The molecule has 1 aliphatic rings. The molecule has 6 rings (SSSR count). The molecule has 0 amide bonds. The van der Waals surface area contributed by atoms with E-state index in [0.29, 0.717) is 31.1 Å². The summed E-state index contributed by atoms with van der Waals surface area (Å²) in [5.74, 6) is 0.785. The number of hydrogen-bond acceptors (Lipinski definition) is 4. The van der Waals surface area contributed by atoms with Gasteiger partial charge in [-0.1, -0.05) is 92.2 Å². The number of nitrogens with zero attached hydrogens (tertiary/aromatic N) is 3. The predicted octanol–water partition coefficient (Wildman–Crippen LogP) is 9.11. The van der Waals surface area contributed by atoms with Gasteiger partial charge in [0.2, 0.25) is 6.79 Å². The van der Waals surface area contributed by atoms with Crippen molar-refractivity contribution in [1.29, 1.82) is 0 Å². The van der Waals surface area contributed by atoms with Crippen molar-refractivity contribution in [2.45, 2.75) is 52.1 Å². The Morgan fingerprint density at radius 1 is 0.800 bits per heavy atom. The lowest BCUT2D eigenvalue weighted by Gasteiger charge is -2.25. The molecule has 0 atom stereocenters. The molecular formula is C36H33F4N3O2. The number of halogens is 4. The minimum atomic E-state index is -4.80. The van der Waals surface area contributed by atoms with Gasteiger partial charge in [0.15, 0.2) is 11.5 Å². The largest absolute Gasteiger partial charge is 0.454 e. The molecule has 0 bridgehead atoms. The highest BCUT2D eigenvalue weighted by molar-refractivity contribution is 5.68. The van der Waals surface area contributed by atoms with Gasteiger partial charge in [0, 0.05) is 42.9 Å². The number of unbranched alkanes of at least 4 members (excludes halogenated alkanes) is 1. The third-order valence-electron chi connectivity index (χ3n) is 7.88. The molecule has 9 heteroatoms. The first-order valence-corrected chi connectivity index (χ1v) is 15.0. The van der Waals surface area contributed by atoms with Crippen molar-refractivity contribution in [2.24, 2.45) is 0 Å². The van der Waals surface area contributed by atoms with Crippen LogP contribution in [0.1, 0.15) is 42.1 Å². The van der Waals surface area contributed by atoms with Gasteiger partial charge in [-0.05, 0) is 30.2 Å². The number of imidazole rings is 1. The van der Waals surface area contributed by atoms with Gasteiger partial charge < -0.3 is 14.0 Å². The number of ether oxygens (including phenoxy) is 2. The Balaban J connectivity index is 1.46. The van der Waals surface area contributed by atoms with Crippen molar-refractivity contribution in [3.63, 3.8) is 0 Å². The zero-order chi connectivity index (χ0) is 31.4. The number of alkyl halides is 3. The van der Waals surface area contributed by atoms with Crippen LogP contribution in [0.5, 0.6) is 11.5 Å². The van der Waals surface area contributed by atoms with E-state index in [1.165, 1.54) is 12.1 Å². The Morgan fingerprint density at radius 2 is 1.51 bits per heavy atom. The molecule has 0 saturated heterocycles. The highest BCUT2D eigenvalue weighted by Gasteiger charge is 2.35. The summed E-state index contributed by atoms with van der Waals surface area (Å²) in [7, 11) is 0. The highest BCUT2D eigenvalue weighted by atomic mass is 19.4. The number of hydrogen-bond donors (Lipinski definition) is 0. The molecular weight excluding hydrogens is 582 g/mol. The maximum absolute atomic E-state index is 15.4. The van der Waals surface area contributed by atoms with Gasteiger partial charge >= 0.3 is 6.18 Å². The van der Waals surface area contributed by atoms with Crippen molar-refractivity contribution < 1.29 is 27.0 Å². The third-order valence-corrected chi connectivity index (χ3v) is 7.88. The van der Waals surface area contributed by atoms with Gasteiger partial charge in [-0.3, -0.25) is 4.90 Å². The molecule has 5 aromatic rings. The minimum absolute atomic E-state index is 0.0327. The standard InChI is InChI=1S/C36H33F4N3O2/c1-2-3-19-43-30(34(26-11-6-4-7-12-26)41-35(43)27-13-8-5-9-14-27)23-42(21-25-17-18-31-32(20-25)45-24-44-31)22-28-15-10-16-29(33(28)37)36(38,39)40/h4-18,20H,2-3,19,21-24H2,1H3. The van der Waals surface area contributed by atoms with E-state index in [-0.39, 0.29) is 18.9 Å². The Kier molecular flexibility index (Phi) is 8.89. The minimum Gasteiger partial charge on any atom is -0.454 e. The Morgan fingerprint density at radius 3 is 2.22 bits per heavy atom. The molecule has 0 spiro atoms. The second-order valence-corrected chi connectivity index (χ2v) is 11.1. The summed E-state index contributed by atoms with van der Waals surface area (Å²) in [6.07, 6.45) is -2.93. The molecule has 0 aliphatic carbocycles. The molecule has 1 aromatic heterocycles. The fraction of sp³-hybridized carbons (Fsp3) is 0.250. The molecule has 1 aliphatic heterocycles. The molecule has 2 heterocycles. The summed E-state index contributed by atoms with van der Waals surface area (Å²) >= 11 is 0. The topological polar surface area (TPSA) is 39.5 Å². The molecule has 0 fully saturated rings. The lowest BCUT2D eigenvalue weighted by Crippen LogP contribution is -2.25. The van der Waals surface area contributed by atoms with Crippen LogP contribution in [-0.2, 0) is 32.4 Å². The average Bonchev–Trinajstić information content (AvgIpc) is 3.65. The van der Waals surface area contributed by atoms with E-state index in [2.05, 4.69) is 11.5 Å². The smallest absolute Gasteiger partial charge is 0.419 e. The SMILES string of the molecule is CCCCn1c(-c2ccccc2)nc(-c2ccccc2)c1CN(Cc1ccc2c(c1)OCO2)Cc1cccc(C(F)(F)F)c1F. The summed E-state index contributed by atoms with van der Waals surface area (Å²) in [6, 6.07) is 28.8. The number of rotatable bonds is 11. The van der Waals surface area contributed by atoms with Crippen molar-refractivity contribution in [1.82, 2.24) is 14.5 Å². The van der Waals surface area contributed by atoms with Gasteiger partial charge in [0.1, 0.15) is 11.6 Å². The van der Waals surface area contributed by atoms with Crippen LogP contribution in [0.25, 0.3) is 22.6 Å². The summed E-state index contributed by atoms with van der Waals surface area (Å²) in [5, 5.41) is 0. The summed E-state index contributed by atoms with van der Waals surface area (Å²) in [4.78, 5) is 7.11. The lowest BCUT2D eigenvalue weighted by atomic mass is 10.1. The Bertz CT molecular complexity index is 1750. The van der Waals surface area contributed by atoms with Crippen LogP contribution in [-0.4, -0.2) is 21.2 Å². The van der Waals surface area contributed by atoms with Gasteiger partial charge in [-0.15, -0.1) is 0 Å².